The zero-order valence-corrected chi connectivity index (χ0v) is 11.3. The summed E-state index contributed by atoms with van der Waals surface area (Å²) in [5, 5.41) is 0. The summed E-state index contributed by atoms with van der Waals surface area (Å²) in [5.41, 5.74) is 4.67. The van der Waals surface area contributed by atoms with E-state index in [1.165, 1.54) is 17.7 Å². The maximum Gasteiger partial charge on any atom is 0.0356 e. The van der Waals surface area contributed by atoms with Gasteiger partial charge in [-0.05, 0) is 37.8 Å². The second kappa shape index (κ2) is 6.29. The minimum atomic E-state index is 0.968. The van der Waals surface area contributed by atoms with Crippen molar-refractivity contribution in [2.45, 2.75) is 33.1 Å². The first-order valence-corrected chi connectivity index (χ1v) is 6.15. The molecule has 0 aromatic rings. The first-order chi connectivity index (χ1) is 8.06. The van der Waals surface area contributed by atoms with E-state index in [9.17, 15) is 0 Å². The van der Waals surface area contributed by atoms with Gasteiger partial charge < -0.3 is 4.90 Å². The third-order valence-electron chi connectivity index (χ3n) is 3.12. The van der Waals surface area contributed by atoms with Crippen LogP contribution in [0.5, 0.6) is 0 Å². The Labute approximate surface area is 106 Å². The third-order valence-corrected chi connectivity index (χ3v) is 3.12. The summed E-state index contributed by atoms with van der Waals surface area (Å²) >= 11 is 0. The van der Waals surface area contributed by atoms with Crippen molar-refractivity contribution >= 4 is 0 Å². The summed E-state index contributed by atoms with van der Waals surface area (Å²) in [6.07, 6.45) is 12.2. The van der Waals surface area contributed by atoms with Crippen molar-refractivity contribution in [3.63, 3.8) is 0 Å². The summed E-state index contributed by atoms with van der Waals surface area (Å²) in [6.45, 7) is 12.1. The molecule has 0 fully saturated rings. The van der Waals surface area contributed by atoms with Gasteiger partial charge in [-0.1, -0.05) is 37.5 Å². The molecule has 92 valence electrons. The fraction of sp³-hybridized carbons (Fsp3) is 0.375. The molecule has 1 rings (SSSR count). The highest BCUT2D eigenvalue weighted by atomic mass is 15.1. The highest BCUT2D eigenvalue weighted by molar-refractivity contribution is 5.31. The van der Waals surface area contributed by atoms with E-state index < -0.39 is 0 Å². The number of allylic oxidation sites excluding steroid dienone is 6. The highest BCUT2D eigenvalue weighted by Crippen LogP contribution is 2.23. The fourth-order valence-electron chi connectivity index (χ4n) is 1.88. The van der Waals surface area contributed by atoms with Gasteiger partial charge in [0.1, 0.15) is 0 Å². The van der Waals surface area contributed by atoms with Crippen LogP contribution in [0.3, 0.4) is 0 Å². The molecular formula is C16H23N. The van der Waals surface area contributed by atoms with Crippen LogP contribution in [0.15, 0.2) is 60.0 Å². The van der Waals surface area contributed by atoms with Crippen LogP contribution < -0.4 is 0 Å². The quantitative estimate of drug-likeness (QED) is 0.624. The average molecular weight is 229 g/mol. The van der Waals surface area contributed by atoms with Gasteiger partial charge in [-0.3, -0.25) is 0 Å². The van der Waals surface area contributed by atoms with E-state index >= 15 is 0 Å². The Morgan fingerprint density at radius 1 is 1.41 bits per heavy atom. The predicted octanol–water partition coefficient (Wildman–Crippen LogP) is 4.58. The normalized spacial score (nSPS) is 15.5. The molecule has 0 saturated carbocycles. The first kappa shape index (κ1) is 13.6. The van der Waals surface area contributed by atoms with E-state index in [4.69, 9.17) is 0 Å². The van der Waals surface area contributed by atoms with Gasteiger partial charge in [0.15, 0.2) is 0 Å². The summed E-state index contributed by atoms with van der Waals surface area (Å²) in [6, 6.07) is 0. The largest absolute Gasteiger partial charge is 0.348 e. The minimum absolute atomic E-state index is 0.968. The maximum absolute atomic E-state index is 4.06. The van der Waals surface area contributed by atoms with Crippen LogP contribution in [0.1, 0.15) is 33.1 Å². The Morgan fingerprint density at radius 2 is 2.12 bits per heavy atom. The Morgan fingerprint density at radius 3 is 2.59 bits per heavy atom. The van der Waals surface area contributed by atoms with E-state index in [-0.39, 0.29) is 0 Å². The third kappa shape index (κ3) is 3.77. The van der Waals surface area contributed by atoms with Gasteiger partial charge in [-0.2, -0.15) is 0 Å². The number of likely N-dealkylation sites (N-methyl/N-ethyl adjacent to an activating group) is 1. The second-order valence-electron chi connectivity index (χ2n) is 4.50. The summed E-state index contributed by atoms with van der Waals surface area (Å²) < 4.78 is 0. The van der Waals surface area contributed by atoms with Crippen molar-refractivity contribution in [1.82, 2.24) is 4.90 Å². The molecule has 0 saturated heterocycles. The van der Waals surface area contributed by atoms with Crippen LogP contribution in [0.25, 0.3) is 0 Å². The number of nitrogens with zero attached hydrogens (tertiary/aromatic N) is 1. The monoisotopic (exact) mass is 229 g/mol. The van der Waals surface area contributed by atoms with Crippen LogP contribution in [-0.2, 0) is 0 Å². The van der Waals surface area contributed by atoms with E-state index in [0.717, 1.165) is 24.1 Å². The Kier molecular flexibility index (Phi) is 5.02. The lowest BCUT2D eigenvalue weighted by molar-refractivity contribution is 0.515. The topological polar surface area (TPSA) is 3.24 Å². The standard InChI is InChI=1S/C16H23N/c1-6-16(17(5)14(4)13(2)3)12-15-10-8-7-9-11-15/h6,8,10-11H,2,4,7,9,12H2,1,3,5H3/b16-6-. The summed E-state index contributed by atoms with van der Waals surface area (Å²) in [4.78, 5) is 2.13. The molecule has 0 atom stereocenters. The molecule has 0 unspecified atom stereocenters. The molecular weight excluding hydrogens is 206 g/mol. The van der Waals surface area contributed by atoms with Crippen molar-refractivity contribution < 1.29 is 0 Å². The SMILES string of the molecule is C=C(C)C(=C)N(C)/C(=C\C)CC1=CCCC=C1. The highest BCUT2D eigenvalue weighted by Gasteiger charge is 2.09. The zero-order chi connectivity index (χ0) is 12.8. The van der Waals surface area contributed by atoms with E-state index in [1.54, 1.807) is 0 Å². The first-order valence-electron chi connectivity index (χ1n) is 6.15. The Bertz CT molecular complexity index is 394. The second-order valence-corrected chi connectivity index (χ2v) is 4.50. The zero-order valence-electron chi connectivity index (χ0n) is 11.3. The van der Waals surface area contributed by atoms with Gasteiger partial charge in [0.2, 0.25) is 0 Å². The van der Waals surface area contributed by atoms with E-state index in [0.29, 0.717) is 0 Å². The number of hydrogen-bond acceptors (Lipinski definition) is 1. The van der Waals surface area contributed by atoms with Crippen LogP contribution in [-0.4, -0.2) is 11.9 Å². The van der Waals surface area contributed by atoms with Gasteiger partial charge in [-0.25, -0.2) is 0 Å². The van der Waals surface area contributed by atoms with Gasteiger partial charge >= 0.3 is 0 Å². The maximum atomic E-state index is 4.06. The average Bonchev–Trinajstić information content (AvgIpc) is 2.35. The molecule has 1 aliphatic rings. The van der Waals surface area contributed by atoms with Crippen LogP contribution in [0, 0.1) is 0 Å². The van der Waals surface area contributed by atoms with Crippen molar-refractivity contribution in [2.24, 2.45) is 0 Å². The van der Waals surface area contributed by atoms with Crippen molar-refractivity contribution in [3.05, 3.63) is 60.0 Å². The van der Waals surface area contributed by atoms with Gasteiger partial charge in [-0.15, -0.1) is 0 Å². The molecule has 0 N–H and O–H groups in total. The van der Waals surface area contributed by atoms with Crippen molar-refractivity contribution in [3.8, 4) is 0 Å². The van der Waals surface area contributed by atoms with E-state index in [1.807, 2.05) is 6.92 Å². The molecule has 0 bridgehead atoms. The molecule has 0 heterocycles. The van der Waals surface area contributed by atoms with E-state index in [2.05, 4.69) is 56.3 Å². The van der Waals surface area contributed by atoms with Crippen LogP contribution in [0.4, 0.5) is 0 Å². The Hall–Kier alpha value is -1.50. The Balaban J connectivity index is 2.73. The smallest absolute Gasteiger partial charge is 0.0356 e. The summed E-state index contributed by atoms with van der Waals surface area (Å²) in [7, 11) is 2.06. The van der Waals surface area contributed by atoms with Crippen LogP contribution >= 0.6 is 0 Å². The molecule has 0 aromatic carbocycles. The lowest BCUT2D eigenvalue weighted by atomic mass is 10.0. The van der Waals surface area contributed by atoms with Gasteiger partial charge in [0.05, 0.1) is 0 Å². The predicted molar refractivity (Wildman–Crippen MR) is 76.5 cm³/mol. The summed E-state index contributed by atoms with van der Waals surface area (Å²) in [5.74, 6) is 0. The van der Waals surface area contributed by atoms with Gasteiger partial charge in [0, 0.05) is 24.9 Å². The molecule has 0 amide bonds. The molecule has 17 heavy (non-hydrogen) atoms. The molecule has 0 spiro atoms. The lowest BCUT2D eigenvalue weighted by Crippen LogP contribution is -2.17. The van der Waals surface area contributed by atoms with Crippen LogP contribution in [0.2, 0.25) is 0 Å². The number of rotatable bonds is 5. The molecule has 0 aromatic heterocycles. The molecule has 1 aliphatic carbocycles. The van der Waals surface area contributed by atoms with Crippen molar-refractivity contribution in [1.29, 1.82) is 0 Å². The minimum Gasteiger partial charge on any atom is -0.348 e. The van der Waals surface area contributed by atoms with Gasteiger partial charge in [0.25, 0.3) is 0 Å². The number of hydrogen-bond donors (Lipinski definition) is 0. The van der Waals surface area contributed by atoms with Crippen molar-refractivity contribution in [2.75, 3.05) is 7.05 Å². The lowest BCUT2D eigenvalue weighted by Gasteiger charge is -2.25. The fourth-order valence-corrected chi connectivity index (χ4v) is 1.88. The molecule has 1 nitrogen and oxygen atoms in total. The molecule has 0 radical (unpaired) electrons. The molecule has 1 heteroatoms. The molecule has 0 aliphatic heterocycles.